The largest absolute Gasteiger partial charge is 0.382 e. The Morgan fingerprint density at radius 3 is 2.94 bits per heavy atom. The van der Waals surface area contributed by atoms with Crippen LogP contribution in [0.1, 0.15) is 25.7 Å². The molecule has 1 aromatic carbocycles. The first-order chi connectivity index (χ1) is 8.63. The molecule has 0 saturated heterocycles. The third-order valence-electron chi connectivity index (χ3n) is 4.03. The molecule has 3 unspecified atom stereocenters. The summed E-state index contributed by atoms with van der Waals surface area (Å²) >= 11 is 0. The predicted octanol–water partition coefficient (Wildman–Crippen LogP) is 3.33. The molecule has 3 rings (SSSR count). The molecular formula is C13H15FN2O2. The van der Waals surface area contributed by atoms with Crippen LogP contribution in [0.15, 0.2) is 18.2 Å². The zero-order valence-corrected chi connectivity index (χ0v) is 9.93. The van der Waals surface area contributed by atoms with Crippen molar-refractivity contribution in [3.63, 3.8) is 0 Å². The number of nitro groups is 1. The normalized spacial score (nSPS) is 29.5. The average molecular weight is 250 g/mol. The number of hydrogen-bond acceptors (Lipinski definition) is 3. The molecule has 0 aliphatic heterocycles. The lowest BCUT2D eigenvalue weighted by molar-refractivity contribution is -0.385. The lowest BCUT2D eigenvalue weighted by Crippen LogP contribution is -2.25. The molecule has 2 fully saturated rings. The fraction of sp³-hybridized carbons (Fsp3) is 0.538. The summed E-state index contributed by atoms with van der Waals surface area (Å²) in [5, 5.41) is 13.9. The van der Waals surface area contributed by atoms with Gasteiger partial charge in [-0.1, -0.05) is 12.8 Å². The van der Waals surface area contributed by atoms with Crippen LogP contribution in [0.2, 0.25) is 0 Å². The summed E-state index contributed by atoms with van der Waals surface area (Å²) < 4.78 is 13.3. The van der Waals surface area contributed by atoms with Crippen molar-refractivity contribution < 1.29 is 9.31 Å². The van der Waals surface area contributed by atoms with Crippen LogP contribution >= 0.6 is 0 Å². The average Bonchev–Trinajstić information content (AvgIpc) is 3.08. The van der Waals surface area contributed by atoms with E-state index in [9.17, 15) is 14.5 Å². The van der Waals surface area contributed by atoms with Gasteiger partial charge in [0.15, 0.2) is 0 Å². The van der Waals surface area contributed by atoms with Crippen molar-refractivity contribution in [2.45, 2.75) is 31.7 Å². The van der Waals surface area contributed by atoms with Crippen molar-refractivity contribution in [2.75, 3.05) is 5.32 Å². The Labute approximate surface area is 104 Å². The van der Waals surface area contributed by atoms with Gasteiger partial charge in [-0.05, 0) is 30.7 Å². The maximum absolute atomic E-state index is 13.3. The molecule has 0 amide bonds. The number of halogens is 1. The minimum Gasteiger partial charge on any atom is -0.382 e. The summed E-state index contributed by atoms with van der Waals surface area (Å²) in [5.41, 5.74) is 0.333. The van der Waals surface area contributed by atoms with Crippen LogP contribution < -0.4 is 5.32 Å². The molecule has 2 saturated carbocycles. The van der Waals surface area contributed by atoms with Gasteiger partial charge in [0.25, 0.3) is 5.69 Å². The van der Waals surface area contributed by atoms with Gasteiger partial charge in [0.1, 0.15) is 5.82 Å². The van der Waals surface area contributed by atoms with E-state index in [4.69, 9.17) is 0 Å². The van der Waals surface area contributed by atoms with Gasteiger partial charge in [-0.2, -0.15) is 0 Å². The highest BCUT2D eigenvalue weighted by Gasteiger charge is 2.45. The summed E-state index contributed by atoms with van der Waals surface area (Å²) in [6.07, 6.45) is 4.81. The second-order valence-corrected chi connectivity index (χ2v) is 5.30. The van der Waals surface area contributed by atoms with Gasteiger partial charge in [0.05, 0.1) is 11.0 Å². The van der Waals surface area contributed by atoms with Gasteiger partial charge in [0.2, 0.25) is 0 Å². The zero-order chi connectivity index (χ0) is 12.7. The number of hydrogen-bond donors (Lipinski definition) is 1. The highest BCUT2D eigenvalue weighted by atomic mass is 19.1. The van der Waals surface area contributed by atoms with E-state index in [-0.39, 0.29) is 5.69 Å². The predicted molar refractivity (Wildman–Crippen MR) is 65.9 cm³/mol. The van der Waals surface area contributed by atoms with Gasteiger partial charge in [-0.3, -0.25) is 10.1 Å². The molecule has 3 atom stereocenters. The van der Waals surface area contributed by atoms with Crippen molar-refractivity contribution in [1.82, 2.24) is 0 Å². The van der Waals surface area contributed by atoms with Gasteiger partial charge in [-0.15, -0.1) is 0 Å². The van der Waals surface area contributed by atoms with E-state index in [2.05, 4.69) is 5.32 Å². The van der Waals surface area contributed by atoms with Crippen molar-refractivity contribution in [3.05, 3.63) is 34.1 Å². The van der Waals surface area contributed by atoms with E-state index in [1.807, 2.05) is 0 Å². The molecule has 1 N–H and O–H groups in total. The van der Waals surface area contributed by atoms with Crippen LogP contribution in [0.25, 0.3) is 0 Å². The second-order valence-electron chi connectivity index (χ2n) is 5.30. The number of rotatable bonds is 3. The highest BCUT2D eigenvalue weighted by Crippen LogP contribution is 2.50. The van der Waals surface area contributed by atoms with Crippen LogP contribution in [0, 0.1) is 27.8 Å². The Kier molecular flexibility index (Phi) is 2.69. The van der Waals surface area contributed by atoms with Gasteiger partial charge in [-0.25, -0.2) is 4.39 Å². The van der Waals surface area contributed by atoms with Crippen LogP contribution in [0.3, 0.4) is 0 Å². The number of nitro benzene ring substituents is 1. The summed E-state index contributed by atoms with van der Waals surface area (Å²) in [7, 11) is 0. The Hall–Kier alpha value is -1.65. The number of non-ortho nitro benzene ring substituents is 1. The molecule has 1 aromatic rings. The quantitative estimate of drug-likeness (QED) is 0.661. The molecule has 0 aromatic heterocycles. The third-order valence-corrected chi connectivity index (χ3v) is 4.03. The molecule has 18 heavy (non-hydrogen) atoms. The Morgan fingerprint density at radius 2 is 2.17 bits per heavy atom. The fourth-order valence-electron chi connectivity index (χ4n) is 3.07. The lowest BCUT2D eigenvalue weighted by atomic mass is 9.95. The standard InChI is InChI=1S/C13H15FN2O2/c14-9-5-10(7-11(6-9)16(17)18)15-13-3-1-2-8-4-12(8)13/h5-8,12-13,15H,1-4H2. The summed E-state index contributed by atoms with van der Waals surface area (Å²) in [6, 6.07) is 4.05. The number of fused-ring (bicyclic) bond motifs is 1. The Balaban J connectivity index is 1.77. The molecule has 0 heterocycles. The SMILES string of the molecule is O=[N+]([O-])c1cc(F)cc(NC2CCCC3CC32)c1. The first kappa shape index (κ1) is 11.4. The van der Waals surface area contributed by atoms with Crippen molar-refractivity contribution in [1.29, 1.82) is 0 Å². The maximum Gasteiger partial charge on any atom is 0.274 e. The zero-order valence-electron chi connectivity index (χ0n) is 9.93. The molecule has 2 aliphatic carbocycles. The van der Waals surface area contributed by atoms with E-state index >= 15 is 0 Å². The Morgan fingerprint density at radius 1 is 1.33 bits per heavy atom. The Bertz CT molecular complexity index is 492. The number of nitrogens with zero attached hydrogens (tertiary/aromatic N) is 1. The molecule has 5 heteroatoms. The molecule has 96 valence electrons. The molecule has 0 radical (unpaired) electrons. The van der Waals surface area contributed by atoms with Gasteiger partial charge < -0.3 is 5.32 Å². The molecule has 2 aliphatic rings. The fourth-order valence-corrected chi connectivity index (χ4v) is 3.07. The number of nitrogens with one attached hydrogen (secondary N) is 1. The highest BCUT2D eigenvalue weighted by molar-refractivity contribution is 5.52. The van der Waals surface area contributed by atoms with E-state index in [1.54, 1.807) is 0 Å². The molecule has 0 spiro atoms. The minimum atomic E-state index is -0.560. The lowest BCUT2D eigenvalue weighted by Gasteiger charge is -2.23. The van der Waals surface area contributed by atoms with E-state index in [0.29, 0.717) is 17.6 Å². The molecule has 0 bridgehead atoms. The van der Waals surface area contributed by atoms with E-state index < -0.39 is 10.7 Å². The van der Waals surface area contributed by atoms with Crippen LogP contribution in [-0.2, 0) is 0 Å². The van der Waals surface area contributed by atoms with Crippen molar-refractivity contribution in [3.8, 4) is 0 Å². The van der Waals surface area contributed by atoms with Gasteiger partial charge >= 0.3 is 0 Å². The monoisotopic (exact) mass is 250 g/mol. The van der Waals surface area contributed by atoms with Crippen LogP contribution in [0.5, 0.6) is 0 Å². The first-order valence-corrected chi connectivity index (χ1v) is 6.35. The number of benzene rings is 1. The molecule has 4 nitrogen and oxygen atoms in total. The number of anilines is 1. The first-order valence-electron chi connectivity index (χ1n) is 6.35. The van der Waals surface area contributed by atoms with Crippen molar-refractivity contribution >= 4 is 11.4 Å². The second kappa shape index (κ2) is 4.23. The van der Waals surface area contributed by atoms with E-state index in [0.717, 1.165) is 18.4 Å². The smallest absolute Gasteiger partial charge is 0.274 e. The van der Waals surface area contributed by atoms with Crippen molar-refractivity contribution in [2.24, 2.45) is 11.8 Å². The van der Waals surface area contributed by atoms with Crippen LogP contribution in [0.4, 0.5) is 15.8 Å². The summed E-state index contributed by atoms with van der Waals surface area (Å²) in [6.45, 7) is 0. The third kappa shape index (κ3) is 2.17. The minimum absolute atomic E-state index is 0.194. The van der Waals surface area contributed by atoms with E-state index in [1.165, 1.54) is 31.4 Å². The topological polar surface area (TPSA) is 55.2 Å². The summed E-state index contributed by atoms with van der Waals surface area (Å²) in [4.78, 5) is 10.1. The van der Waals surface area contributed by atoms with Crippen LogP contribution in [-0.4, -0.2) is 11.0 Å². The maximum atomic E-state index is 13.3. The molecular weight excluding hydrogens is 235 g/mol. The van der Waals surface area contributed by atoms with Gasteiger partial charge in [0, 0.05) is 17.8 Å². The summed E-state index contributed by atoms with van der Waals surface area (Å²) in [5.74, 6) is 0.940.